The molecule has 156 valence electrons. The van der Waals surface area contributed by atoms with Gasteiger partial charge in [0.25, 0.3) is 0 Å². The molecule has 1 aliphatic heterocycles. The average molecular weight is 403 g/mol. The van der Waals surface area contributed by atoms with E-state index in [0.717, 1.165) is 44.2 Å². The van der Waals surface area contributed by atoms with Crippen molar-refractivity contribution in [2.75, 3.05) is 39.5 Å². The van der Waals surface area contributed by atoms with Gasteiger partial charge in [-0.2, -0.15) is 0 Å². The van der Waals surface area contributed by atoms with Gasteiger partial charge in [0.15, 0.2) is 11.6 Å². The first-order valence-corrected chi connectivity index (χ1v) is 9.75. The molecular weight excluding hydrogens is 377 g/mol. The first kappa shape index (κ1) is 21.1. The Balaban J connectivity index is 1.47. The number of morpholine rings is 1. The first-order valence-electron chi connectivity index (χ1n) is 9.75. The zero-order valence-electron chi connectivity index (χ0n) is 16.3. The minimum Gasteiger partial charge on any atom is -0.492 e. The van der Waals surface area contributed by atoms with Gasteiger partial charge in [0.1, 0.15) is 19.0 Å². The number of hydrogen-bond acceptors (Lipinski definition) is 5. The second-order valence-electron chi connectivity index (χ2n) is 6.90. The lowest BCUT2D eigenvalue weighted by atomic mass is 10.1. The Bertz CT molecular complexity index is 808. The molecule has 1 heterocycles. The van der Waals surface area contributed by atoms with Gasteiger partial charge in [0.2, 0.25) is 0 Å². The Morgan fingerprint density at radius 3 is 2.69 bits per heavy atom. The summed E-state index contributed by atoms with van der Waals surface area (Å²) in [5, 5.41) is 8.72. The second-order valence-corrected chi connectivity index (χ2v) is 6.90. The number of carboxylic acids is 1. The van der Waals surface area contributed by atoms with Crippen LogP contribution >= 0.6 is 0 Å². The van der Waals surface area contributed by atoms with Crippen molar-refractivity contribution >= 4 is 5.97 Å². The highest BCUT2D eigenvalue weighted by Crippen LogP contribution is 2.21. The molecule has 1 fully saturated rings. The van der Waals surface area contributed by atoms with Gasteiger partial charge in [0.05, 0.1) is 13.2 Å². The summed E-state index contributed by atoms with van der Waals surface area (Å²) in [6.45, 7) is 5.05. The standard InChI is InChI=1S/C22H26FNO5/c23-20-15-17(5-7-22(25)26)4-6-21(20)29-16-18-2-1-3-19(14-18)28-13-10-24-8-11-27-12-9-24/h1-4,6,14-15H,5,7-13,16H2,(H,25,26). The van der Waals surface area contributed by atoms with Gasteiger partial charge in [0, 0.05) is 26.1 Å². The summed E-state index contributed by atoms with van der Waals surface area (Å²) in [5.41, 5.74) is 1.51. The van der Waals surface area contributed by atoms with E-state index in [2.05, 4.69) is 4.90 Å². The van der Waals surface area contributed by atoms with Crippen molar-refractivity contribution in [2.24, 2.45) is 0 Å². The molecule has 3 rings (SSSR count). The Morgan fingerprint density at radius 2 is 1.93 bits per heavy atom. The predicted octanol–water partition coefficient (Wildman–Crippen LogP) is 3.13. The van der Waals surface area contributed by atoms with Gasteiger partial charge in [-0.3, -0.25) is 9.69 Å². The minimum absolute atomic E-state index is 0.0298. The smallest absolute Gasteiger partial charge is 0.303 e. The molecule has 0 aliphatic carbocycles. The summed E-state index contributed by atoms with van der Waals surface area (Å²) in [7, 11) is 0. The van der Waals surface area contributed by atoms with Crippen LogP contribution in [0.4, 0.5) is 4.39 Å². The topological polar surface area (TPSA) is 68.2 Å². The minimum atomic E-state index is -0.905. The summed E-state index contributed by atoms with van der Waals surface area (Å²) in [6.07, 6.45) is 0.258. The normalized spacial score (nSPS) is 14.5. The van der Waals surface area contributed by atoms with E-state index in [1.165, 1.54) is 12.1 Å². The fourth-order valence-corrected chi connectivity index (χ4v) is 3.07. The molecule has 0 spiro atoms. The Morgan fingerprint density at radius 1 is 1.10 bits per heavy atom. The highest BCUT2D eigenvalue weighted by molar-refractivity contribution is 5.67. The van der Waals surface area contributed by atoms with Crippen LogP contribution in [0.3, 0.4) is 0 Å². The lowest BCUT2D eigenvalue weighted by molar-refractivity contribution is -0.136. The van der Waals surface area contributed by atoms with Crippen LogP contribution in [0.5, 0.6) is 11.5 Å². The summed E-state index contributed by atoms with van der Waals surface area (Å²) in [5.74, 6) is -0.504. The Labute approximate surface area is 169 Å². The van der Waals surface area contributed by atoms with Gasteiger partial charge in [-0.25, -0.2) is 4.39 Å². The molecule has 1 aliphatic rings. The average Bonchev–Trinajstić information content (AvgIpc) is 2.73. The number of carbonyl (C=O) groups is 1. The predicted molar refractivity (Wildman–Crippen MR) is 106 cm³/mol. The second kappa shape index (κ2) is 10.8. The molecular formula is C22H26FNO5. The number of benzene rings is 2. The van der Waals surface area contributed by atoms with Crippen LogP contribution in [0, 0.1) is 5.82 Å². The zero-order chi connectivity index (χ0) is 20.5. The number of carboxylic acid groups (broad SMARTS) is 1. The summed E-state index contributed by atoms with van der Waals surface area (Å²) in [6, 6.07) is 12.1. The number of aliphatic carboxylic acids is 1. The van der Waals surface area contributed by atoms with Crippen LogP contribution in [0.1, 0.15) is 17.5 Å². The van der Waals surface area contributed by atoms with Crippen molar-refractivity contribution < 1.29 is 28.5 Å². The van der Waals surface area contributed by atoms with E-state index in [9.17, 15) is 9.18 Å². The lowest BCUT2D eigenvalue weighted by Gasteiger charge is -2.26. The maximum absolute atomic E-state index is 14.2. The number of hydrogen-bond donors (Lipinski definition) is 1. The third kappa shape index (κ3) is 7.03. The largest absolute Gasteiger partial charge is 0.492 e. The molecule has 0 aromatic heterocycles. The van der Waals surface area contributed by atoms with Crippen LogP contribution in [0.2, 0.25) is 0 Å². The van der Waals surface area contributed by atoms with Crippen LogP contribution in [0.15, 0.2) is 42.5 Å². The van der Waals surface area contributed by atoms with Gasteiger partial charge in [-0.1, -0.05) is 18.2 Å². The summed E-state index contributed by atoms with van der Waals surface area (Å²) >= 11 is 0. The first-order chi connectivity index (χ1) is 14.1. The maximum atomic E-state index is 14.2. The van der Waals surface area contributed by atoms with Gasteiger partial charge >= 0.3 is 5.97 Å². The molecule has 0 saturated carbocycles. The van der Waals surface area contributed by atoms with E-state index in [1.807, 2.05) is 24.3 Å². The van der Waals surface area contributed by atoms with Gasteiger partial charge < -0.3 is 19.3 Å². The van der Waals surface area contributed by atoms with Crippen LogP contribution in [0.25, 0.3) is 0 Å². The van der Waals surface area contributed by atoms with Crippen LogP contribution in [-0.4, -0.2) is 55.4 Å². The molecule has 0 atom stereocenters. The van der Waals surface area contributed by atoms with Crippen molar-refractivity contribution in [3.05, 3.63) is 59.4 Å². The molecule has 29 heavy (non-hydrogen) atoms. The van der Waals surface area contributed by atoms with Crippen molar-refractivity contribution in [3.8, 4) is 11.5 Å². The SMILES string of the molecule is O=C(O)CCc1ccc(OCc2cccc(OCCN3CCOCC3)c2)c(F)c1. The number of nitrogens with zero attached hydrogens (tertiary/aromatic N) is 1. The molecule has 2 aromatic rings. The summed E-state index contributed by atoms with van der Waals surface area (Å²) in [4.78, 5) is 12.9. The number of aryl methyl sites for hydroxylation is 1. The number of rotatable bonds is 10. The molecule has 0 bridgehead atoms. The lowest BCUT2D eigenvalue weighted by Crippen LogP contribution is -2.38. The molecule has 2 aromatic carbocycles. The Kier molecular flexibility index (Phi) is 7.84. The number of ether oxygens (including phenoxy) is 3. The van der Waals surface area contributed by atoms with Crippen molar-refractivity contribution in [1.29, 1.82) is 0 Å². The quantitative estimate of drug-likeness (QED) is 0.657. The van der Waals surface area contributed by atoms with E-state index in [1.54, 1.807) is 6.07 Å². The van der Waals surface area contributed by atoms with E-state index in [-0.39, 0.29) is 25.2 Å². The Hall–Kier alpha value is -2.64. The monoisotopic (exact) mass is 403 g/mol. The van der Waals surface area contributed by atoms with E-state index >= 15 is 0 Å². The molecule has 0 radical (unpaired) electrons. The number of halogens is 1. The molecule has 1 N–H and O–H groups in total. The molecule has 1 saturated heterocycles. The van der Waals surface area contributed by atoms with Gasteiger partial charge in [-0.15, -0.1) is 0 Å². The highest BCUT2D eigenvalue weighted by atomic mass is 19.1. The van der Waals surface area contributed by atoms with Crippen molar-refractivity contribution in [3.63, 3.8) is 0 Å². The highest BCUT2D eigenvalue weighted by Gasteiger charge is 2.10. The fraction of sp³-hybridized carbons (Fsp3) is 0.409. The summed E-state index contributed by atoms with van der Waals surface area (Å²) < 4.78 is 30.9. The van der Waals surface area contributed by atoms with E-state index in [0.29, 0.717) is 12.2 Å². The third-order valence-corrected chi connectivity index (χ3v) is 4.70. The van der Waals surface area contributed by atoms with Gasteiger partial charge in [-0.05, 0) is 41.8 Å². The zero-order valence-corrected chi connectivity index (χ0v) is 16.3. The van der Waals surface area contributed by atoms with Crippen LogP contribution < -0.4 is 9.47 Å². The van der Waals surface area contributed by atoms with Crippen molar-refractivity contribution in [2.45, 2.75) is 19.4 Å². The third-order valence-electron chi connectivity index (χ3n) is 4.70. The van der Waals surface area contributed by atoms with E-state index in [4.69, 9.17) is 19.3 Å². The molecule has 7 heteroatoms. The molecule has 0 unspecified atom stereocenters. The van der Waals surface area contributed by atoms with E-state index < -0.39 is 11.8 Å². The fourth-order valence-electron chi connectivity index (χ4n) is 3.07. The van der Waals surface area contributed by atoms with Crippen molar-refractivity contribution in [1.82, 2.24) is 4.90 Å². The molecule has 0 amide bonds. The maximum Gasteiger partial charge on any atom is 0.303 e. The van der Waals surface area contributed by atoms with Crippen LogP contribution in [-0.2, 0) is 22.6 Å². The molecule has 6 nitrogen and oxygen atoms in total.